The van der Waals surface area contributed by atoms with E-state index in [0.29, 0.717) is 32.6 Å². The minimum Gasteiger partial charge on any atom is -0.381 e. The molecule has 0 atom stereocenters. The molecule has 126 valence electrons. The zero-order valence-corrected chi connectivity index (χ0v) is 13.4. The van der Waals surface area contributed by atoms with E-state index < -0.39 is 5.54 Å². The Morgan fingerprint density at radius 2 is 1.74 bits per heavy atom. The lowest BCUT2D eigenvalue weighted by atomic mass is 9.78. The number of nitrogens with one attached hydrogen (secondary N) is 1. The first-order valence-corrected chi connectivity index (χ1v) is 8.45. The van der Waals surface area contributed by atoms with Crippen molar-refractivity contribution >= 4 is 5.91 Å². The third-order valence-electron chi connectivity index (χ3n) is 5.44. The molecule has 5 heteroatoms. The molecule has 3 N–H and O–H groups in total. The minimum absolute atomic E-state index is 0.0887. The van der Waals surface area contributed by atoms with E-state index in [1.165, 1.54) is 12.1 Å². The van der Waals surface area contributed by atoms with E-state index in [4.69, 9.17) is 10.5 Å². The summed E-state index contributed by atoms with van der Waals surface area (Å²) >= 11 is 0. The second-order valence-electron chi connectivity index (χ2n) is 6.95. The molecule has 1 saturated heterocycles. The van der Waals surface area contributed by atoms with Crippen LogP contribution in [-0.2, 0) is 14.9 Å². The predicted molar refractivity (Wildman–Crippen MR) is 86.5 cm³/mol. The monoisotopic (exact) mass is 320 g/mol. The van der Waals surface area contributed by atoms with Crippen molar-refractivity contribution in [3.05, 3.63) is 35.6 Å². The van der Waals surface area contributed by atoms with Crippen LogP contribution in [0, 0.1) is 5.82 Å². The van der Waals surface area contributed by atoms with Crippen molar-refractivity contribution in [2.45, 2.75) is 49.5 Å². The number of benzene rings is 1. The van der Waals surface area contributed by atoms with Crippen LogP contribution in [-0.4, -0.2) is 31.2 Å². The number of carbonyl (C=O) groups is 1. The summed E-state index contributed by atoms with van der Waals surface area (Å²) < 4.78 is 18.5. The van der Waals surface area contributed by atoms with Crippen LogP contribution in [0.2, 0.25) is 0 Å². The Morgan fingerprint density at radius 1 is 1.13 bits per heavy atom. The minimum atomic E-state index is -0.819. The van der Waals surface area contributed by atoms with E-state index in [9.17, 15) is 9.18 Å². The molecular formula is C18H25FN2O2. The topological polar surface area (TPSA) is 64.4 Å². The van der Waals surface area contributed by atoms with Gasteiger partial charge in [0.15, 0.2) is 0 Å². The molecule has 3 rings (SSSR count). The fraction of sp³-hybridized carbons (Fsp3) is 0.611. The van der Waals surface area contributed by atoms with Crippen molar-refractivity contribution in [1.29, 1.82) is 0 Å². The highest BCUT2D eigenvalue weighted by Crippen LogP contribution is 2.40. The molecule has 1 aliphatic heterocycles. The van der Waals surface area contributed by atoms with Crippen LogP contribution in [0.15, 0.2) is 24.3 Å². The number of hydrogen-bond acceptors (Lipinski definition) is 3. The number of hydrogen-bond donors (Lipinski definition) is 2. The maximum Gasteiger partial charge on any atom is 0.240 e. The zero-order chi connectivity index (χ0) is 16.3. The van der Waals surface area contributed by atoms with Gasteiger partial charge in [-0.1, -0.05) is 25.0 Å². The van der Waals surface area contributed by atoms with Crippen molar-refractivity contribution in [3.8, 4) is 0 Å². The summed E-state index contributed by atoms with van der Waals surface area (Å²) in [4.78, 5) is 12.6. The van der Waals surface area contributed by atoms with Crippen LogP contribution < -0.4 is 11.1 Å². The molecule has 4 nitrogen and oxygen atoms in total. The average molecular weight is 320 g/mol. The highest BCUT2D eigenvalue weighted by molar-refractivity contribution is 5.86. The Labute approximate surface area is 136 Å². The largest absolute Gasteiger partial charge is 0.381 e. The maximum absolute atomic E-state index is 13.2. The first-order chi connectivity index (χ1) is 11.0. The number of rotatable bonds is 4. The van der Waals surface area contributed by atoms with Gasteiger partial charge in [-0.15, -0.1) is 0 Å². The van der Waals surface area contributed by atoms with E-state index in [1.807, 2.05) is 12.1 Å². The van der Waals surface area contributed by atoms with Crippen LogP contribution in [0.1, 0.15) is 44.1 Å². The number of nitrogens with two attached hydrogens (primary N) is 1. The number of carbonyl (C=O) groups excluding carboxylic acids is 1. The molecule has 2 aliphatic rings. The van der Waals surface area contributed by atoms with Crippen molar-refractivity contribution in [2.24, 2.45) is 5.73 Å². The fourth-order valence-corrected chi connectivity index (χ4v) is 3.81. The molecule has 2 fully saturated rings. The van der Waals surface area contributed by atoms with Gasteiger partial charge in [-0.05, 0) is 43.4 Å². The van der Waals surface area contributed by atoms with Crippen molar-refractivity contribution < 1.29 is 13.9 Å². The lowest BCUT2D eigenvalue weighted by Gasteiger charge is -2.35. The van der Waals surface area contributed by atoms with E-state index in [-0.39, 0.29) is 17.1 Å². The van der Waals surface area contributed by atoms with Gasteiger partial charge in [-0.2, -0.15) is 0 Å². The van der Waals surface area contributed by atoms with Crippen LogP contribution in [0.3, 0.4) is 0 Å². The first kappa shape index (κ1) is 16.4. The Morgan fingerprint density at radius 3 is 2.35 bits per heavy atom. The SMILES string of the molecule is NC1(C(=O)NCC2(c3ccc(F)cc3)CCCC2)CCOCC1. The molecule has 0 bridgehead atoms. The van der Waals surface area contributed by atoms with E-state index in [1.54, 1.807) is 0 Å². The van der Waals surface area contributed by atoms with Gasteiger partial charge in [0.2, 0.25) is 5.91 Å². The summed E-state index contributed by atoms with van der Waals surface area (Å²) in [6.45, 7) is 1.64. The summed E-state index contributed by atoms with van der Waals surface area (Å²) in [6, 6.07) is 6.69. The summed E-state index contributed by atoms with van der Waals surface area (Å²) in [6.07, 6.45) is 5.41. The highest BCUT2D eigenvalue weighted by atomic mass is 19.1. The lowest BCUT2D eigenvalue weighted by Crippen LogP contribution is -2.58. The normalized spacial score (nSPS) is 22.7. The molecular weight excluding hydrogens is 295 g/mol. The molecule has 0 unspecified atom stereocenters. The van der Waals surface area contributed by atoms with E-state index >= 15 is 0 Å². The average Bonchev–Trinajstić information content (AvgIpc) is 3.04. The third kappa shape index (κ3) is 3.40. The zero-order valence-electron chi connectivity index (χ0n) is 13.4. The Kier molecular flexibility index (Phi) is 4.69. The smallest absolute Gasteiger partial charge is 0.240 e. The molecule has 1 aliphatic carbocycles. The fourth-order valence-electron chi connectivity index (χ4n) is 3.81. The lowest BCUT2D eigenvalue weighted by molar-refractivity contribution is -0.130. The molecule has 1 saturated carbocycles. The van der Waals surface area contributed by atoms with Crippen LogP contribution >= 0.6 is 0 Å². The molecule has 1 heterocycles. The van der Waals surface area contributed by atoms with Crippen LogP contribution in [0.5, 0.6) is 0 Å². The molecule has 0 radical (unpaired) electrons. The standard InChI is InChI=1S/C18H25FN2O2/c19-15-5-3-14(4-6-15)17(7-1-2-8-17)13-21-16(22)18(20)9-11-23-12-10-18/h3-6H,1-2,7-13,20H2,(H,21,22). The van der Waals surface area contributed by atoms with Crippen LogP contribution in [0.4, 0.5) is 4.39 Å². The van der Waals surface area contributed by atoms with Gasteiger partial charge < -0.3 is 15.8 Å². The van der Waals surface area contributed by atoms with Crippen molar-refractivity contribution in [2.75, 3.05) is 19.8 Å². The molecule has 0 aromatic heterocycles. The van der Waals surface area contributed by atoms with Gasteiger partial charge in [0, 0.05) is 25.2 Å². The van der Waals surface area contributed by atoms with E-state index in [0.717, 1.165) is 31.2 Å². The summed E-state index contributed by atoms with van der Waals surface area (Å²) in [5.74, 6) is -0.316. The molecule has 1 aromatic rings. The van der Waals surface area contributed by atoms with Gasteiger partial charge in [0.05, 0.1) is 5.54 Å². The van der Waals surface area contributed by atoms with Crippen LogP contribution in [0.25, 0.3) is 0 Å². The number of ether oxygens (including phenoxy) is 1. The quantitative estimate of drug-likeness (QED) is 0.894. The second kappa shape index (κ2) is 6.57. The number of amides is 1. The maximum atomic E-state index is 13.2. The molecule has 23 heavy (non-hydrogen) atoms. The van der Waals surface area contributed by atoms with Crippen molar-refractivity contribution in [1.82, 2.24) is 5.32 Å². The predicted octanol–water partition coefficient (Wildman–Crippen LogP) is 2.26. The number of halogens is 1. The highest BCUT2D eigenvalue weighted by Gasteiger charge is 2.40. The summed E-state index contributed by atoms with van der Waals surface area (Å²) in [5.41, 5.74) is 6.44. The molecule has 1 aromatic carbocycles. The van der Waals surface area contributed by atoms with Gasteiger partial charge >= 0.3 is 0 Å². The van der Waals surface area contributed by atoms with Crippen molar-refractivity contribution in [3.63, 3.8) is 0 Å². The van der Waals surface area contributed by atoms with E-state index in [2.05, 4.69) is 5.32 Å². The summed E-state index contributed by atoms with van der Waals surface area (Å²) in [5, 5.41) is 3.08. The Hall–Kier alpha value is -1.46. The third-order valence-corrected chi connectivity index (χ3v) is 5.44. The summed E-state index contributed by atoms with van der Waals surface area (Å²) in [7, 11) is 0. The van der Waals surface area contributed by atoms with Gasteiger partial charge in [0.1, 0.15) is 5.82 Å². The molecule has 0 spiro atoms. The van der Waals surface area contributed by atoms with Gasteiger partial charge in [0.25, 0.3) is 0 Å². The molecule has 1 amide bonds. The van der Waals surface area contributed by atoms with Gasteiger partial charge in [-0.3, -0.25) is 4.79 Å². The Balaban J connectivity index is 1.70. The second-order valence-corrected chi connectivity index (χ2v) is 6.95. The van der Waals surface area contributed by atoms with Gasteiger partial charge in [-0.25, -0.2) is 4.39 Å². The first-order valence-electron chi connectivity index (χ1n) is 8.45. The Bertz CT molecular complexity index is 547.